The van der Waals surface area contributed by atoms with Gasteiger partial charge < -0.3 is 10.6 Å². The van der Waals surface area contributed by atoms with Gasteiger partial charge in [-0.15, -0.1) is 0 Å². The molecule has 0 radical (unpaired) electrons. The third-order valence-electron chi connectivity index (χ3n) is 3.45. The Morgan fingerprint density at radius 1 is 1.04 bits per heavy atom. The van der Waals surface area contributed by atoms with Crippen molar-refractivity contribution in [2.24, 2.45) is 0 Å². The van der Waals surface area contributed by atoms with E-state index >= 15 is 0 Å². The monoisotopic (exact) mass is 384 g/mol. The predicted octanol–water partition coefficient (Wildman–Crippen LogP) is 4.47. The van der Waals surface area contributed by atoms with Gasteiger partial charge in [0.1, 0.15) is 0 Å². The molecule has 1 amide bonds. The quantitative estimate of drug-likeness (QED) is 0.680. The highest BCUT2D eigenvalue weighted by molar-refractivity contribution is 9.10. The molecule has 1 aromatic heterocycles. The number of hydrogen-bond acceptors (Lipinski definition) is 4. The SMILES string of the molecule is CCCNc1nc2ccccc2nc1C(=O)Nc1ccccc1Br. The van der Waals surface area contributed by atoms with Crippen LogP contribution in [0.25, 0.3) is 11.0 Å². The average molecular weight is 385 g/mol. The molecule has 0 unspecified atom stereocenters. The minimum Gasteiger partial charge on any atom is -0.368 e. The summed E-state index contributed by atoms with van der Waals surface area (Å²) >= 11 is 3.43. The first kappa shape index (κ1) is 16.4. The van der Waals surface area contributed by atoms with Gasteiger partial charge in [-0.1, -0.05) is 31.2 Å². The van der Waals surface area contributed by atoms with Gasteiger partial charge in [-0.2, -0.15) is 0 Å². The summed E-state index contributed by atoms with van der Waals surface area (Å²) in [4.78, 5) is 21.8. The third kappa shape index (κ3) is 3.54. The highest BCUT2D eigenvalue weighted by atomic mass is 79.9. The van der Waals surface area contributed by atoms with Crippen LogP contribution in [0.1, 0.15) is 23.8 Å². The van der Waals surface area contributed by atoms with Gasteiger partial charge in [0, 0.05) is 11.0 Å². The van der Waals surface area contributed by atoms with Crippen LogP contribution in [0.15, 0.2) is 53.0 Å². The van der Waals surface area contributed by atoms with Crippen LogP contribution in [0, 0.1) is 0 Å². The summed E-state index contributed by atoms with van der Waals surface area (Å²) in [6.07, 6.45) is 0.930. The zero-order valence-corrected chi connectivity index (χ0v) is 14.8. The number of benzene rings is 2. The molecule has 0 fully saturated rings. The van der Waals surface area contributed by atoms with Crippen molar-refractivity contribution in [3.05, 3.63) is 58.7 Å². The van der Waals surface area contributed by atoms with Crippen LogP contribution >= 0.6 is 15.9 Å². The summed E-state index contributed by atoms with van der Waals surface area (Å²) in [6, 6.07) is 15.0. The Morgan fingerprint density at radius 2 is 1.71 bits per heavy atom. The van der Waals surface area contributed by atoms with Crippen molar-refractivity contribution in [1.29, 1.82) is 0 Å². The van der Waals surface area contributed by atoms with E-state index in [4.69, 9.17) is 0 Å². The van der Waals surface area contributed by atoms with Crippen molar-refractivity contribution < 1.29 is 4.79 Å². The van der Waals surface area contributed by atoms with E-state index in [1.54, 1.807) is 0 Å². The predicted molar refractivity (Wildman–Crippen MR) is 100 cm³/mol. The van der Waals surface area contributed by atoms with Crippen LogP contribution in [0.2, 0.25) is 0 Å². The number of nitrogens with one attached hydrogen (secondary N) is 2. The number of carbonyl (C=O) groups excluding carboxylic acids is 1. The standard InChI is InChI=1S/C18H17BrN4O/c1-2-11-20-17-16(21-14-9-5-6-10-15(14)22-17)18(24)23-13-8-4-3-7-12(13)19/h3-10H,2,11H2,1H3,(H,20,22)(H,23,24). The summed E-state index contributed by atoms with van der Waals surface area (Å²) in [5, 5.41) is 6.07. The Kier molecular flexibility index (Phi) is 5.05. The fraction of sp³-hybridized carbons (Fsp3) is 0.167. The summed E-state index contributed by atoms with van der Waals surface area (Å²) in [6.45, 7) is 2.78. The molecule has 2 aromatic carbocycles. The van der Waals surface area contributed by atoms with Gasteiger partial charge in [-0.25, -0.2) is 9.97 Å². The Bertz CT molecular complexity index is 882. The minimum absolute atomic E-state index is 0.290. The molecule has 6 heteroatoms. The first-order chi connectivity index (χ1) is 11.7. The van der Waals surface area contributed by atoms with Crippen molar-refractivity contribution in [3.8, 4) is 0 Å². The lowest BCUT2D eigenvalue weighted by Gasteiger charge is -2.12. The molecule has 0 aliphatic rings. The molecule has 5 nitrogen and oxygen atoms in total. The maximum Gasteiger partial charge on any atom is 0.278 e. The summed E-state index contributed by atoms with van der Waals surface area (Å²) in [7, 11) is 0. The Balaban J connectivity index is 1.99. The molecule has 3 rings (SSSR count). The van der Waals surface area contributed by atoms with Gasteiger partial charge in [-0.05, 0) is 46.6 Å². The van der Waals surface area contributed by atoms with E-state index in [1.165, 1.54) is 0 Å². The highest BCUT2D eigenvalue weighted by Gasteiger charge is 2.17. The van der Waals surface area contributed by atoms with Gasteiger partial charge in [0.25, 0.3) is 5.91 Å². The number of halogens is 1. The largest absolute Gasteiger partial charge is 0.368 e. The smallest absolute Gasteiger partial charge is 0.278 e. The molecule has 3 aromatic rings. The molecule has 2 N–H and O–H groups in total. The van der Waals surface area contributed by atoms with Crippen LogP contribution in [0.3, 0.4) is 0 Å². The number of rotatable bonds is 5. The van der Waals surface area contributed by atoms with E-state index < -0.39 is 0 Å². The Morgan fingerprint density at radius 3 is 2.42 bits per heavy atom. The van der Waals surface area contributed by atoms with E-state index in [9.17, 15) is 4.79 Å². The molecule has 0 aliphatic heterocycles. The molecular weight excluding hydrogens is 368 g/mol. The first-order valence-corrected chi connectivity index (χ1v) is 8.55. The Hall–Kier alpha value is -2.47. The van der Waals surface area contributed by atoms with E-state index in [0.717, 1.165) is 23.0 Å². The first-order valence-electron chi connectivity index (χ1n) is 7.75. The van der Waals surface area contributed by atoms with E-state index in [1.807, 2.05) is 48.5 Å². The number of carbonyl (C=O) groups is 1. The van der Waals surface area contributed by atoms with Crippen LogP contribution in [-0.4, -0.2) is 22.4 Å². The number of fused-ring (bicyclic) bond motifs is 1. The second kappa shape index (κ2) is 7.40. The lowest BCUT2D eigenvalue weighted by atomic mass is 10.2. The molecule has 122 valence electrons. The number of hydrogen-bond donors (Lipinski definition) is 2. The average Bonchev–Trinajstić information content (AvgIpc) is 2.61. The zero-order valence-electron chi connectivity index (χ0n) is 13.2. The van der Waals surface area contributed by atoms with E-state index in [2.05, 4.69) is 43.5 Å². The summed E-state index contributed by atoms with van der Waals surface area (Å²) < 4.78 is 0.815. The fourth-order valence-corrected chi connectivity index (χ4v) is 2.65. The van der Waals surface area contributed by atoms with Gasteiger partial charge in [0.2, 0.25) is 0 Å². The van der Waals surface area contributed by atoms with E-state index in [-0.39, 0.29) is 11.6 Å². The van der Waals surface area contributed by atoms with Crippen molar-refractivity contribution in [1.82, 2.24) is 9.97 Å². The normalized spacial score (nSPS) is 10.6. The molecule has 0 bridgehead atoms. The van der Waals surface area contributed by atoms with Gasteiger partial charge >= 0.3 is 0 Å². The molecule has 1 heterocycles. The molecule has 0 saturated heterocycles. The van der Waals surface area contributed by atoms with Crippen LogP contribution < -0.4 is 10.6 Å². The minimum atomic E-state index is -0.293. The third-order valence-corrected chi connectivity index (χ3v) is 4.14. The topological polar surface area (TPSA) is 66.9 Å². The van der Waals surface area contributed by atoms with Crippen molar-refractivity contribution in [2.75, 3.05) is 17.2 Å². The highest BCUT2D eigenvalue weighted by Crippen LogP contribution is 2.23. The van der Waals surface area contributed by atoms with Gasteiger partial charge in [0.15, 0.2) is 11.5 Å². The number of aromatic nitrogens is 2. The van der Waals surface area contributed by atoms with Crippen LogP contribution in [-0.2, 0) is 0 Å². The number of para-hydroxylation sites is 3. The number of nitrogens with zero attached hydrogens (tertiary/aromatic N) is 2. The zero-order chi connectivity index (χ0) is 16.9. The Labute approximate surface area is 148 Å². The number of amides is 1. The number of anilines is 2. The van der Waals surface area contributed by atoms with E-state index in [0.29, 0.717) is 17.0 Å². The fourth-order valence-electron chi connectivity index (χ4n) is 2.27. The maximum atomic E-state index is 12.7. The second-order valence-corrected chi connectivity index (χ2v) is 6.12. The second-order valence-electron chi connectivity index (χ2n) is 5.27. The summed E-state index contributed by atoms with van der Waals surface area (Å²) in [5.74, 6) is 0.207. The van der Waals surface area contributed by atoms with Crippen molar-refractivity contribution >= 4 is 44.4 Å². The van der Waals surface area contributed by atoms with Crippen molar-refractivity contribution in [3.63, 3.8) is 0 Å². The molecule has 0 saturated carbocycles. The van der Waals surface area contributed by atoms with Crippen LogP contribution in [0.4, 0.5) is 11.5 Å². The lowest BCUT2D eigenvalue weighted by Crippen LogP contribution is -2.18. The van der Waals surface area contributed by atoms with Gasteiger partial charge in [0.05, 0.1) is 16.7 Å². The summed E-state index contributed by atoms with van der Waals surface area (Å²) in [5.41, 5.74) is 2.43. The lowest BCUT2D eigenvalue weighted by molar-refractivity contribution is 0.102. The molecular formula is C18H17BrN4O. The van der Waals surface area contributed by atoms with Crippen LogP contribution in [0.5, 0.6) is 0 Å². The van der Waals surface area contributed by atoms with Crippen molar-refractivity contribution in [2.45, 2.75) is 13.3 Å². The maximum absolute atomic E-state index is 12.7. The molecule has 24 heavy (non-hydrogen) atoms. The van der Waals surface area contributed by atoms with Gasteiger partial charge in [-0.3, -0.25) is 4.79 Å². The molecule has 0 spiro atoms. The molecule has 0 atom stereocenters. The molecule has 0 aliphatic carbocycles.